The first-order chi connectivity index (χ1) is 15.9. The van der Waals surface area contributed by atoms with Crippen molar-refractivity contribution in [2.24, 2.45) is 12.1 Å². The molecule has 1 aliphatic heterocycles. The number of carbonyl (C=O) groups excluding carboxylic acids is 2. The van der Waals surface area contributed by atoms with Gasteiger partial charge in [0.15, 0.2) is 0 Å². The summed E-state index contributed by atoms with van der Waals surface area (Å²) >= 11 is 0. The summed E-state index contributed by atoms with van der Waals surface area (Å²) in [5.74, 6) is 0.533. The number of hydrazone groups is 1. The highest BCUT2D eigenvalue weighted by Gasteiger charge is 2.27. The molecule has 2 aromatic carbocycles. The van der Waals surface area contributed by atoms with Crippen molar-refractivity contribution in [3.05, 3.63) is 83.2 Å². The van der Waals surface area contributed by atoms with Crippen molar-refractivity contribution in [1.29, 1.82) is 0 Å². The average molecular weight is 446 g/mol. The number of nitrogens with one attached hydrogen (secondary N) is 2. The highest BCUT2D eigenvalue weighted by Crippen LogP contribution is 2.27. The first kappa shape index (κ1) is 22.1. The van der Waals surface area contributed by atoms with Crippen molar-refractivity contribution in [3.63, 3.8) is 0 Å². The van der Waals surface area contributed by atoms with E-state index in [1.165, 1.54) is 5.01 Å². The lowest BCUT2D eigenvalue weighted by Crippen LogP contribution is -2.41. The number of fused-ring (bicyclic) bond motifs is 1. The van der Waals surface area contributed by atoms with Crippen LogP contribution in [0.1, 0.15) is 34.1 Å². The van der Waals surface area contributed by atoms with Gasteiger partial charge in [-0.1, -0.05) is 18.2 Å². The molecule has 0 fully saturated rings. The number of rotatable bonds is 4. The van der Waals surface area contributed by atoms with Crippen LogP contribution in [-0.4, -0.2) is 47.4 Å². The Hall–Kier alpha value is -4.07. The van der Waals surface area contributed by atoms with Crippen LogP contribution >= 0.6 is 0 Å². The number of hydrogen-bond donors (Lipinski definition) is 2. The Balaban J connectivity index is 1.71. The first-order valence-corrected chi connectivity index (χ1v) is 10.7. The van der Waals surface area contributed by atoms with E-state index in [1.54, 1.807) is 24.8 Å². The molecule has 2 N–H and O–H groups in total. The summed E-state index contributed by atoms with van der Waals surface area (Å²) in [5.41, 5.74) is 4.72. The molecular weight excluding hydrogens is 418 g/mol. The molecular formula is C25H27N5O3. The number of benzene rings is 2. The normalized spacial score (nSPS) is 15.2. The zero-order valence-electron chi connectivity index (χ0n) is 19.1. The van der Waals surface area contributed by atoms with E-state index in [2.05, 4.69) is 10.6 Å². The predicted octanol–water partition coefficient (Wildman–Crippen LogP) is 3.62. The van der Waals surface area contributed by atoms with Gasteiger partial charge in [-0.2, -0.15) is 5.10 Å². The monoisotopic (exact) mass is 445 g/mol. The lowest BCUT2D eigenvalue weighted by molar-refractivity contribution is 0.101. The molecule has 1 atom stereocenters. The van der Waals surface area contributed by atoms with Crippen LogP contribution < -0.4 is 15.4 Å². The lowest BCUT2D eigenvalue weighted by Gasteiger charge is -2.22. The van der Waals surface area contributed by atoms with Gasteiger partial charge in [0.2, 0.25) is 0 Å². The highest BCUT2D eigenvalue weighted by molar-refractivity contribution is 6.14. The molecule has 170 valence electrons. The van der Waals surface area contributed by atoms with Gasteiger partial charge >= 0.3 is 6.03 Å². The van der Waals surface area contributed by atoms with Crippen LogP contribution in [-0.2, 0) is 13.5 Å². The number of ether oxygens (including phenoxy) is 1. The van der Waals surface area contributed by atoms with Gasteiger partial charge in [0, 0.05) is 37.1 Å². The predicted molar refractivity (Wildman–Crippen MR) is 128 cm³/mol. The van der Waals surface area contributed by atoms with E-state index in [0.29, 0.717) is 29.3 Å². The van der Waals surface area contributed by atoms with Crippen LogP contribution in [0.25, 0.3) is 0 Å². The van der Waals surface area contributed by atoms with E-state index in [1.807, 2.05) is 68.7 Å². The van der Waals surface area contributed by atoms with Crippen molar-refractivity contribution >= 4 is 23.3 Å². The molecule has 1 aliphatic rings. The fraction of sp³-hybridized carbons (Fsp3) is 0.240. The molecule has 0 saturated carbocycles. The van der Waals surface area contributed by atoms with Crippen LogP contribution in [0.5, 0.6) is 5.75 Å². The van der Waals surface area contributed by atoms with E-state index in [0.717, 1.165) is 16.7 Å². The largest absolute Gasteiger partial charge is 0.497 e. The standard InChI is InChI=1S/C25H27N5O3/c1-16-14-18-9-12-20(33-4)15-21(18)23(28-30(16)25(32)26-2)17-7-10-19(11-8-17)27-24(31)22-6-5-13-29(22)3/h5-13,15-16H,14H2,1-4H3,(H,26,32)(H,27,31)/t16-/m0/s1. The van der Waals surface area contributed by atoms with Crippen molar-refractivity contribution in [3.8, 4) is 5.75 Å². The lowest BCUT2D eigenvalue weighted by atomic mass is 9.94. The Morgan fingerprint density at radius 3 is 2.52 bits per heavy atom. The minimum absolute atomic E-state index is 0.126. The summed E-state index contributed by atoms with van der Waals surface area (Å²) in [6.45, 7) is 1.97. The minimum Gasteiger partial charge on any atom is -0.497 e. The number of urea groups is 1. The number of carbonyl (C=O) groups is 2. The Kier molecular flexibility index (Phi) is 6.17. The molecule has 2 heterocycles. The third-order valence-electron chi connectivity index (χ3n) is 5.73. The maximum absolute atomic E-state index is 12.5. The molecule has 4 rings (SSSR count). The fourth-order valence-electron chi connectivity index (χ4n) is 3.92. The second-order valence-corrected chi connectivity index (χ2v) is 7.96. The van der Waals surface area contributed by atoms with Crippen molar-refractivity contribution in [1.82, 2.24) is 14.9 Å². The molecule has 3 amide bonds. The van der Waals surface area contributed by atoms with Gasteiger partial charge in [-0.25, -0.2) is 9.80 Å². The summed E-state index contributed by atoms with van der Waals surface area (Å²) in [6, 6.07) is 16.5. The van der Waals surface area contributed by atoms with E-state index >= 15 is 0 Å². The second kappa shape index (κ2) is 9.20. The molecule has 0 unspecified atom stereocenters. The number of aryl methyl sites for hydroxylation is 1. The maximum Gasteiger partial charge on any atom is 0.337 e. The summed E-state index contributed by atoms with van der Waals surface area (Å²) in [7, 11) is 5.04. The molecule has 8 nitrogen and oxygen atoms in total. The molecule has 1 aromatic heterocycles. The zero-order chi connectivity index (χ0) is 23.5. The van der Waals surface area contributed by atoms with E-state index < -0.39 is 0 Å². The Bertz CT molecular complexity index is 1210. The van der Waals surface area contributed by atoms with Crippen LogP contribution in [0.2, 0.25) is 0 Å². The van der Waals surface area contributed by atoms with Crippen molar-refractivity contribution < 1.29 is 14.3 Å². The Labute approximate surface area is 192 Å². The molecule has 3 aromatic rings. The molecule has 0 saturated heterocycles. The van der Waals surface area contributed by atoms with Gasteiger partial charge in [0.1, 0.15) is 11.4 Å². The average Bonchev–Trinajstić information content (AvgIpc) is 3.20. The number of nitrogens with zero attached hydrogens (tertiary/aromatic N) is 3. The minimum atomic E-state index is -0.272. The van der Waals surface area contributed by atoms with Crippen LogP contribution in [0, 0.1) is 0 Å². The van der Waals surface area contributed by atoms with Gasteiger partial charge in [0.25, 0.3) is 5.91 Å². The van der Waals surface area contributed by atoms with E-state index in [9.17, 15) is 9.59 Å². The van der Waals surface area contributed by atoms with Crippen LogP contribution in [0.4, 0.5) is 10.5 Å². The maximum atomic E-state index is 12.5. The summed E-state index contributed by atoms with van der Waals surface area (Å²) in [6.07, 6.45) is 2.48. The molecule has 0 bridgehead atoms. The SMILES string of the molecule is CNC(=O)N1N=C(c2ccc(NC(=O)c3cccn3C)cc2)c2cc(OC)ccc2C[C@@H]1C. The van der Waals surface area contributed by atoms with Gasteiger partial charge in [-0.15, -0.1) is 0 Å². The quantitative estimate of drug-likeness (QED) is 0.643. The topological polar surface area (TPSA) is 88.0 Å². The number of amides is 3. The van der Waals surface area contributed by atoms with Gasteiger partial charge in [-0.3, -0.25) is 4.79 Å². The molecule has 8 heteroatoms. The number of anilines is 1. The van der Waals surface area contributed by atoms with Crippen LogP contribution in [0.15, 0.2) is 65.9 Å². The second-order valence-electron chi connectivity index (χ2n) is 7.96. The zero-order valence-corrected chi connectivity index (χ0v) is 19.1. The van der Waals surface area contributed by atoms with E-state index in [-0.39, 0.29) is 18.0 Å². The van der Waals surface area contributed by atoms with E-state index in [4.69, 9.17) is 9.84 Å². The Morgan fingerprint density at radius 2 is 1.88 bits per heavy atom. The highest BCUT2D eigenvalue weighted by atomic mass is 16.5. The number of aromatic nitrogens is 1. The number of methoxy groups -OCH3 is 1. The molecule has 0 spiro atoms. The third-order valence-corrected chi connectivity index (χ3v) is 5.73. The first-order valence-electron chi connectivity index (χ1n) is 10.7. The summed E-state index contributed by atoms with van der Waals surface area (Å²) in [4.78, 5) is 25.1. The van der Waals surface area contributed by atoms with Gasteiger partial charge in [-0.05, 0) is 55.3 Å². The summed E-state index contributed by atoms with van der Waals surface area (Å²) < 4.78 is 7.20. The summed E-state index contributed by atoms with van der Waals surface area (Å²) in [5, 5.41) is 11.8. The smallest absolute Gasteiger partial charge is 0.337 e. The molecule has 33 heavy (non-hydrogen) atoms. The van der Waals surface area contributed by atoms with Crippen molar-refractivity contribution in [2.75, 3.05) is 19.5 Å². The van der Waals surface area contributed by atoms with Crippen molar-refractivity contribution in [2.45, 2.75) is 19.4 Å². The molecule has 0 radical (unpaired) electrons. The van der Waals surface area contributed by atoms with Gasteiger partial charge < -0.3 is 19.9 Å². The fourth-order valence-corrected chi connectivity index (χ4v) is 3.92. The third kappa shape index (κ3) is 4.45. The Morgan fingerprint density at radius 1 is 1.12 bits per heavy atom. The van der Waals surface area contributed by atoms with Crippen LogP contribution in [0.3, 0.4) is 0 Å². The van der Waals surface area contributed by atoms with Gasteiger partial charge in [0.05, 0.1) is 18.9 Å². The molecule has 0 aliphatic carbocycles. The number of hydrogen-bond acceptors (Lipinski definition) is 4.